The maximum absolute atomic E-state index is 12.3. The first-order valence-corrected chi connectivity index (χ1v) is 6.70. The Hall–Kier alpha value is -2.04. The van der Waals surface area contributed by atoms with E-state index in [1.807, 2.05) is 26.8 Å². The summed E-state index contributed by atoms with van der Waals surface area (Å²) < 4.78 is 16.4. The lowest BCUT2D eigenvalue weighted by Crippen LogP contribution is -2.17. The zero-order chi connectivity index (χ0) is 14.3. The Morgan fingerprint density at radius 1 is 1.30 bits per heavy atom. The molecule has 0 amide bonds. The third kappa shape index (κ3) is 2.03. The molecule has 0 radical (unpaired) electrons. The van der Waals surface area contributed by atoms with E-state index in [0.29, 0.717) is 41.6 Å². The van der Waals surface area contributed by atoms with Crippen LogP contribution < -0.4 is 9.47 Å². The van der Waals surface area contributed by atoms with Gasteiger partial charge in [0.05, 0.1) is 16.7 Å². The number of ketones is 1. The second-order valence-electron chi connectivity index (χ2n) is 5.52. The third-order valence-corrected chi connectivity index (χ3v) is 3.34. The van der Waals surface area contributed by atoms with Crippen LogP contribution in [0.5, 0.6) is 11.5 Å². The molecule has 1 aromatic carbocycles. The van der Waals surface area contributed by atoms with E-state index in [0.717, 1.165) is 0 Å². The minimum Gasteiger partial charge on any atom is -0.475 e. The number of fused-ring (bicyclic) bond motifs is 1. The highest BCUT2D eigenvalue weighted by Crippen LogP contribution is 2.39. The number of benzene rings is 1. The molecule has 1 aromatic rings. The van der Waals surface area contributed by atoms with Crippen molar-refractivity contribution >= 4 is 11.7 Å². The van der Waals surface area contributed by atoms with Crippen LogP contribution in [0.4, 0.5) is 0 Å². The Morgan fingerprint density at radius 2 is 2.10 bits per heavy atom. The van der Waals surface area contributed by atoms with Crippen molar-refractivity contribution in [2.24, 2.45) is 4.99 Å². The molecule has 2 heterocycles. The topological polar surface area (TPSA) is 57.1 Å². The summed E-state index contributed by atoms with van der Waals surface area (Å²) in [6.45, 7) is 6.46. The van der Waals surface area contributed by atoms with Gasteiger partial charge < -0.3 is 14.2 Å². The Kier molecular flexibility index (Phi) is 2.92. The quantitative estimate of drug-likeness (QED) is 0.795. The summed E-state index contributed by atoms with van der Waals surface area (Å²) >= 11 is 0. The SMILES string of the molecule is CCC(=O)c1c(C2=NC(C)(C)CO2)ccc2c1OCO2. The van der Waals surface area contributed by atoms with Crippen LogP contribution in [0.1, 0.15) is 43.1 Å². The van der Waals surface area contributed by atoms with Crippen molar-refractivity contribution in [3.63, 3.8) is 0 Å². The highest BCUT2D eigenvalue weighted by molar-refractivity contribution is 6.10. The number of carbonyl (C=O) groups is 1. The van der Waals surface area contributed by atoms with Crippen LogP contribution in [0, 0.1) is 0 Å². The first-order chi connectivity index (χ1) is 9.52. The van der Waals surface area contributed by atoms with Crippen LogP contribution in [0.25, 0.3) is 0 Å². The lowest BCUT2D eigenvalue weighted by atomic mass is 10.00. The summed E-state index contributed by atoms with van der Waals surface area (Å²) in [5, 5.41) is 0. The molecule has 2 aliphatic heterocycles. The van der Waals surface area contributed by atoms with E-state index in [1.165, 1.54) is 0 Å². The first kappa shape index (κ1) is 13.0. The molecule has 0 fully saturated rings. The largest absolute Gasteiger partial charge is 0.475 e. The van der Waals surface area contributed by atoms with Gasteiger partial charge in [0.1, 0.15) is 6.61 Å². The highest BCUT2D eigenvalue weighted by atomic mass is 16.7. The van der Waals surface area contributed by atoms with Crippen LogP contribution in [0.2, 0.25) is 0 Å². The summed E-state index contributed by atoms with van der Waals surface area (Å²) in [6, 6.07) is 3.61. The number of hydrogen-bond acceptors (Lipinski definition) is 5. The molecule has 2 aliphatic rings. The van der Waals surface area contributed by atoms with Crippen molar-refractivity contribution in [2.75, 3.05) is 13.4 Å². The molecule has 0 aliphatic carbocycles. The molecular weight excluding hydrogens is 258 g/mol. The van der Waals surface area contributed by atoms with Crippen LogP contribution in [0.3, 0.4) is 0 Å². The van der Waals surface area contributed by atoms with Crippen LogP contribution in [-0.2, 0) is 4.74 Å². The van der Waals surface area contributed by atoms with Crippen molar-refractivity contribution in [3.05, 3.63) is 23.3 Å². The molecule has 0 saturated heterocycles. The van der Waals surface area contributed by atoms with E-state index in [2.05, 4.69) is 4.99 Å². The van der Waals surface area contributed by atoms with Crippen molar-refractivity contribution in [1.82, 2.24) is 0 Å². The summed E-state index contributed by atoms with van der Waals surface area (Å²) in [7, 11) is 0. The average Bonchev–Trinajstić information content (AvgIpc) is 3.02. The van der Waals surface area contributed by atoms with E-state index >= 15 is 0 Å². The van der Waals surface area contributed by atoms with Crippen molar-refractivity contribution in [3.8, 4) is 11.5 Å². The summed E-state index contributed by atoms with van der Waals surface area (Å²) in [5.74, 6) is 1.61. The van der Waals surface area contributed by atoms with Gasteiger partial charge in [-0.15, -0.1) is 0 Å². The molecule has 3 rings (SSSR count). The Morgan fingerprint density at radius 3 is 2.75 bits per heavy atom. The predicted octanol–water partition coefficient (Wildman–Crippen LogP) is 2.56. The van der Waals surface area contributed by atoms with E-state index in [-0.39, 0.29) is 18.1 Å². The summed E-state index contributed by atoms with van der Waals surface area (Å²) in [6.07, 6.45) is 0.392. The number of ether oxygens (including phenoxy) is 3. The van der Waals surface area contributed by atoms with Gasteiger partial charge in [0.25, 0.3) is 0 Å². The van der Waals surface area contributed by atoms with Gasteiger partial charge in [-0.1, -0.05) is 6.92 Å². The molecule has 20 heavy (non-hydrogen) atoms. The molecule has 0 spiro atoms. The van der Waals surface area contributed by atoms with Gasteiger partial charge in [0.15, 0.2) is 17.3 Å². The minimum atomic E-state index is -0.266. The molecule has 0 aromatic heterocycles. The zero-order valence-electron chi connectivity index (χ0n) is 11.9. The van der Waals surface area contributed by atoms with Crippen LogP contribution in [0.15, 0.2) is 17.1 Å². The fourth-order valence-electron chi connectivity index (χ4n) is 2.33. The molecule has 0 atom stereocenters. The second kappa shape index (κ2) is 4.51. The average molecular weight is 275 g/mol. The molecule has 0 unspecified atom stereocenters. The van der Waals surface area contributed by atoms with Gasteiger partial charge in [0, 0.05) is 6.42 Å². The Balaban J connectivity index is 2.14. The molecular formula is C15H17NO4. The first-order valence-electron chi connectivity index (χ1n) is 6.70. The van der Waals surface area contributed by atoms with Gasteiger partial charge in [-0.25, -0.2) is 4.99 Å². The molecule has 5 heteroatoms. The van der Waals surface area contributed by atoms with Crippen LogP contribution >= 0.6 is 0 Å². The van der Waals surface area contributed by atoms with E-state index in [4.69, 9.17) is 14.2 Å². The van der Waals surface area contributed by atoms with Crippen molar-refractivity contribution in [1.29, 1.82) is 0 Å². The van der Waals surface area contributed by atoms with E-state index < -0.39 is 0 Å². The fourth-order valence-corrected chi connectivity index (χ4v) is 2.33. The van der Waals surface area contributed by atoms with Crippen LogP contribution in [-0.4, -0.2) is 30.6 Å². The molecule has 0 bridgehead atoms. The standard InChI is InChI=1S/C15H17NO4/c1-4-10(17)12-9(14-16-15(2,3)7-18-14)5-6-11-13(12)20-8-19-11/h5-6H,4,7-8H2,1-3H3. The van der Waals surface area contributed by atoms with E-state index in [1.54, 1.807) is 6.07 Å². The number of nitrogens with zero attached hydrogens (tertiary/aromatic N) is 1. The number of Topliss-reactive ketones (excluding diaryl/α,β-unsaturated/α-hetero) is 1. The van der Waals surface area contributed by atoms with Gasteiger partial charge in [-0.2, -0.15) is 0 Å². The van der Waals surface area contributed by atoms with Gasteiger partial charge in [-0.3, -0.25) is 4.79 Å². The minimum absolute atomic E-state index is 0.00152. The Labute approximate surface area is 117 Å². The summed E-state index contributed by atoms with van der Waals surface area (Å²) in [4.78, 5) is 16.8. The molecule has 106 valence electrons. The normalized spacial score (nSPS) is 18.6. The lowest BCUT2D eigenvalue weighted by Gasteiger charge is -2.10. The second-order valence-corrected chi connectivity index (χ2v) is 5.52. The summed E-state index contributed by atoms with van der Waals surface area (Å²) in [5.41, 5.74) is 0.934. The van der Waals surface area contributed by atoms with Gasteiger partial charge >= 0.3 is 0 Å². The maximum atomic E-state index is 12.3. The van der Waals surface area contributed by atoms with Crippen molar-refractivity contribution < 1.29 is 19.0 Å². The maximum Gasteiger partial charge on any atom is 0.231 e. The predicted molar refractivity (Wildman–Crippen MR) is 73.8 cm³/mol. The highest BCUT2D eigenvalue weighted by Gasteiger charge is 2.32. The molecule has 5 nitrogen and oxygen atoms in total. The molecule has 0 saturated carbocycles. The Bertz CT molecular complexity index is 604. The lowest BCUT2D eigenvalue weighted by molar-refractivity contribution is 0.0983. The number of rotatable bonds is 3. The van der Waals surface area contributed by atoms with E-state index in [9.17, 15) is 4.79 Å². The molecule has 0 N–H and O–H groups in total. The van der Waals surface area contributed by atoms with Crippen molar-refractivity contribution in [2.45, 2.75) is 32.7 Å². The third-order valence-electron chi connectivity index (χ3n) is 3.34. The number of aliphatic imine (C=N–C) groups is 1. The number of hydrogen-bond donors (Lipinski definition) is 0. The number of carbonyl (C=O) groups excluding carboxylic acids is 1. The smallest absolute Gasteiger partial charge is 0.231 e. The fraction of sp³-hybridized carbons (Fsp3) is 0.467. The monoisotopic (exact) mass is 275 g/mol. The van der Waals surface area contributed by atoms with Gasteiger partial charge in [0.2, 0.25) is 12.7 Å². The zero-order valence-corrected chi connectivity index (χ0v) is 11.9. The van der Waals surface area contributed by atoms with Gasteiger partial charge in [-0.05, 0) is 26.0 Å².